The van der Waals surface area contributed by atoms with E-state index >= 15 is 0 Å². The fourth-order valence-corrected chi connectivity index (χ4v) is 2.97. The summed E-state index contributed by atoms with van der Waals surface area (Å²) in [7, 11) is 1.63. The van der Waals surface area contributed by atoms with Crippen LogP contribution in [-0.2, 0) is 16.1 Å². The van der Waals surface area contributed by atoms with Crippen LogP contribution in [0, 0.1) is 5.41 Å². The molecule has 0 saturated heterocycles. The number of hydrogen-bond donors (Lipinski definition) is 2. The van der Waals surface area contributed by atoms with Gasteiger partial charge in [-0.1, -0.05) is 12.1 Å². The first-order chi connectivity index (χ1) is 11.3. The van der Waals surface area contributed by atoms with Crippen LogP contribution < -0.4 is 10.1 Å². The van der Waals surface area contributed by atoms with Crippen molar-refractivity contribution in [1.82, 2.24) is 5.32 Å². The molecule has 0 aliphatic rings. The van der Waals surface area contributed by atoms with E-state index in [-0.39, 0.29) is 12.3 Å². The number of carbonyl (C=O) groups excluding carboxylic acids is 1. The molecule has 0 bridgehead atoms. The van der Waals surface area contributed by atoms with E-state index in [2.05, 4.69) is 5.32 Å². The van der Waals surface area contributed by atoms with Gasteiger partial charge in [0.05, 0.1) is 19.1 Å². The van der Waals surface area contributed by atoms with Crippen molar-refractivity contribution in [3.05, 3.63) is 40.6 Å². The third-order valence-electron chi connectivity index (χ3n) is 3.72. The largest absolute Gasteiger partial charge is 0.497 e. The number of benzene rings is 1. The minimum absolute atomic E-state index is 0.0426. The van der Waals surface area contributed by atoms with Crippen molar-refractivity contribution in [2.75, 3.05) is 7.11 Å². The molecule has 2 aromatic rings. The molecule has 0 unspecified atom stereocenters. The maximum absolute atomic E-state index is 11.9. The van der Waals surface area contributed by atoms with Crippen molar-refractivity contribution >= 4 is 23.2 Å². The summed E-state index contributed by atoms with van der Waals surface area (Å²) in [6.45, 7) is 3.49. The summed E-state index contributed by atoms with van der Waals surface area (Å²) in [5.74, 6) is -0.431. The smallest absolute Gasteiger partial charge is 0.309 e. The maximum atomic E-state index is 11.9. The van der Waals surface area contributed by atoms with Gasteiger partial charge in [-0.2, -0.15) is 0 Å². The lowest BCUT2D eigenvalue weighted by Gasteiger charge is -2.17. The third-order valence-corrected chi connectivity index (χ3v) is 4.66. The molecule has 0 atom stereocenters. The second kappa shape index (κ2) is 7.49. The van der Waals surface area contributed by atoms with Crippen molar-refractivity contribution in [2.45, 2.75) is 26.8 Å². The average Bonchev–Trinajstić information content (AvgIpc) is 3.01. The second-order valence-electron chi connectivity index (χ2n) is 6.17. The Balaban J connectivity index is 1.94. The van der Waals surface area contributed by atoms with Gasteiger partial charge in [-0.05, 0) is 48.6 Å². The molecule has 2 N–H and O–H groups in total. The number of carbonyl (C=O) groups is 2. The highest BCUT2D eigenvalue weighted by Gasteiger charge is 2.29. The molecular formula is C18H21NO4S. The molecule has 1 aromatic heterocycles. The average molecular weight is 347 g/mol. The monoisotopic (exact) mass is 347 g/mol. The first-order valence-electron chi connectivity index (χ1n) is 7.54. The van der Waals surface area contributed by atoms with Crippen molar-refractivity contribution in [2.24, 2.45) is 5.41 Å². The molecule has 0 spiro atoms. The zero-order chi connectivity index (χ0) is 17.7. The molecule has 0 saturated carbocycles. The lowest BCUT2D eigenvalue weighted by molar-refractivity contribution is -0.149. The molecule has 0 aliphatic carbocycles. The number of carboxylic acids is 1. The lowest BCUT2D eigenvalue weighted by atomic mass is 9.89. The number of rotatable bonds is 7. The van der Waals surface area contributed by atoms with E-state index in [0.717, 1.165) is 21.8 Å². The SMILES string of the molecule is COc1ccc(-c2csc(CNC(=O)CC(C)(C)C(=O)O)c2)cc1. The highest BCUT2D eigenvalue weighted by molar-refractivity contribution is 7.10. The number of ether oxygens (including phenoxy) is 1. The van der Waals surface area contributed by atoms with Crippen molar-refractivity contribution in [1.29, 1.82) is 0 Å². The topological polar surface area (TPSA) is 75.6 Å². The quantitative estimate of drug-likeness (QED) is 0.803. The maximum Gasteiger partial charge on any atom is 0.309 e. The molecule has 2 rings (SSSR count). The fraction of sp³-hybridized carbons (Fsp3) is 0.333. The Hall–Kier alpha value is -2.34. The van der Waals surface area contributed by atoms with E-state index in [1.165, 1.54) is 0 Å². The van der Waals surface area contributed by atoms with Crippen LogP contribution in [0.4, 0.5) is 0 Å². The highest BCUT2D eigenvalue weighted by atomic mass is 32.1. The zero-order valence-electron chi connectivity index (χ0n) is 14.0. The van der Waals surface area contributed by atoms with Gasteiger partial charge in [-0.15, -0.1) is 11.3 Å². The van der Waals surface area contributed by atoms with Crippen molar-refractivity contribution < 1.29 is 19.4 Å². The van der Waals surface area contributed by atoms with Gasteiger partial charge in [-0.25, -0.2) is 0 Å². The van der Waals surface area contributed by atoms with Gasteiger partial charge in [0.2, 0.25) is 5.91 Å². The van der Waals surface area contributed by atoms with Gasteiger partial charge >= 0.3 is 5.97 Å². The van der Waals surface area contributed by atoms with Crippen LogP contribution in [0.3, 0.4) is 0 Å². The van der Waals surface area contributed by atoms with E-state index in [1.807, 2.05) is 35.7 Å². The Labute approximate surface area is 145 Å². The molecule has 1 heterocycles. The third kappa shape index (κ3) is 4.58. The number of hydrogen-bond acceptors (Lipinski definition) is 4. The van der Waals surface area contributed by atoms with E-state index in [4.69, 9.17) is 9.84 Å². The molecule has 128 valence electrons. The molecular weight excluding hydrogens is 326 g/mol. The Morgan fingerprint density at radius 2 is 1.88 bits per heavy atom. The van der Waals surface area contributed by atoms with Crippen LogP contribution in [-0.4, -0.2) is 24.1 Å². The van der Waals surface area contributed by atoms with E-state index in [0.29, 0.717) is 6.54 Å². The number of methoxy groups -OCH3 is 1. The fourth-order valence-electron chi connectivity index (χ4n) is 2.13. The van der Waals surface area contributed by atoms with Gasteiger partial charge in [0, 0.05) is 11.3 Å². The molecule has 5 nitrogen and oxygen atoms in total. The molecule has 24 heavy (non-hydrogen) atoms. The number of aliphatic carboxylic acids is 1. The van der Waals surface area contributed by atoms with Crippen LogP contribution in [0.2, 0.25) is 0 Å². The molecule has 6 heteroatoms. The van der Waals surface area contributed by atoms with Gasteiger partial charge in [-0.3, -0.25) is 9.59 Å². The summed E-state index contributed by atoms with van der Waals surface area (Å²) >= 11 is 1.56. The van der Waals surface area contributed by atoms with Crippen molar-refractivity contribution in [3.8, 4) is 16.9 Å². The zero-order valence-corrected chi connectivity index (χ0v) is 14.8. The Bertz CT molecular complexity index is 719. The Morgan fingerprint density at radius 3 is 2.46 bits per heavy atom. The number of nitrogens with one attached hydrogen (secondary N) is 1. The molecule has 0 aliphatic heterocycles. The molecule has 1 amide bonds. The van der Waals surface area contributed by atoms with Gasteiger partial charge in [0.25, 0.3) is 0 Å². The van der Waals surface area contributed by atoms with Gasteiger partial charge in [0.1, 0.15) is 5.75 Å². The molecule has 0 radical (unpaired) electrons. The standard InChI is InChI=1S/C18H21NO4S/c1-18(2,17(21)22)9-16(20)19-10-15-8-13(11-24-15)12-4-6-14(23-3)7-5-12/h4-8,11H,9-10H2,1-3H3,(H,19,20)(H,21,22). The van der Waals surface area contributed by atoms with E-state index in [9.17, 15) is 9.59 Å². The van der Waals surface area contributed by atoms with Crippen molar-refractivity contribution in [3.63, 3.8) is 0 Å². The number of thiophene rings is 1. The van der Waals surface area contributed by atoms with Crippen LogP contribution in [0.5, 0.6) is 5.75 Å². The minimum atomic E-state index is -1.06. The summed E-state index contributed by atoms with van der Waals surface area (Å²) in [5, 5.41) is 13.9. The Kier molecular flexibility index (Phi) is 5.62. The normalized spacial score (nSPS) is 11.1. The highest BCUT2D eigenvalue weighted by Crippen LogP contribution is 2.27. The van der Waals surface area contributed by atoms with Gasteiger partial charge in [0.15, 0.2) is 0 Å². The second-order valence-corrected chi connectivity index (χ2v) is 7.17. The first kappa shape index (κ1) is 18.0. The van der Waals surface area contributed by atoms with Crippen LogP contribution >= 0.6 is 11.3 Å². The summed E-state index contributed by atoms with van der Waals surface area (Å²) in [5.41, 5.74) is 1.10. The molecule has 0 fully saturated rings. The summed E-state index contributed by atoms with van der Waals surface area (Å²) in [6, 6.07) is 9.80. The van der Waals surface area contributed by atoms with Crippen LogP contribution in [0.1, 0.15) is 25.1 Å². The minimum Gasteiger partial charge on any atom is -0.497 e. The summed E-state index contributed by atoms with van der Waals surface area (Å²) in [6.07, 6.45) is -0.0426. The number of carboxylic acid groups (broad SMARTS) is 1. The number of amides is 1. The predicted molar refractivity (Wildman–Crippen MR) is 94.2 cm³/mol. The van der Waals surface area contributed by atoms with Crippen LogP contribution in [0.15, 0.2) is 35.7 Å². The van der Waals surface area contributed by atoms with Crippen LogP contribution in [0.25, 0.3) is 11.1 Å². The van der Waals surface area contributed by atoms with E-state index in [1.54, 1.807) is 32.3 Å². The van der Waals surface area contributed by atoms with E-state index < -0.39 is 11.4 Å². The predicted octanol–water partition coefficient (Wildman–Crippen LogP) is 3.54. The first-order valence-corrected chi connectivity index (χ1v) is 8.42. The summed E-state index contributed by atoms with van der Waals surface area (Å²) in [4.78, 5) is 24.0. The molecule has 1 aromatic carbocycles. The summed E-state index contributed by atoms with van der Waals surface area (Å²) < 4.78 is 5.15. The Morgan fingerprint density at radius 1 is 1.21 bits per heavy atom. The van der Waals surface area contributed by atoms with Gasteiger partial charge < -0.3 is 15.2 Å². The lowest BCUT2D eigenvalue weighted by Crippen LogP contribution is -2.32.